The maximum absolute atomic E-state index is 13.7. The van der Waals surface area contributed by atoms with E-state index in [1.54, 1.807) is 33.0 Å². The Morgan fingerprint density at radius 3 is 2.40 bits per heavy atom. The molecule has 5 rings (SSSR count). The second-order valence-corrected chi connectivity index (χ2v) is 12.9. The number of ether oxygens (including phenoxy) is 1. The zero-order valence-electron chi connectivity index (χ0n) is 26.7. The molecule has 0 saturated carbocycles. The molecule has 2 aromatic heterocycles. The molecule has 246 valence electrons. The summed E-state index contributed by atoms with van der Waals surface area (Å²) in [7, 11) is 0. The molecule has 4 amide bonds. The van der Waals surface area contributed by atoms with Crippen molar-refractivity contribution in [2.24, 2.45) is 5.73 Å². The molecule has 0 bridgehead atoms. The first kappa shape index (κ1) is 33.2. The monoisotopic (exact) mass is 644 g/mol. The molecular weight excluding hydrogens is 607 g/mol. The second kappa shape index (κ2) is 12.2. The molecule has 7 N–H and O–H groups in total. The van der Waals surface area contributed by atoms with Gasteiger partial charge in [0, 0.05) is 34.8 Å². The summed E-state index contributed by atoms with van der Waals surface area (Å²) in [5.41, 5.74) is 4.69. The summed E-state index contributed by atoms with van der Waals surface area (Å²) in [6.45, 7) is 7.69. The Labute approximate surface area is 270 Å². The zero-order valence-corrected chi connectivity index (χ0v) is 26.7. The van der Waals surface area contributed by atoms with Gasteiger partial charge in [0.25, 0.3) is 5.91 Å². The number of nitrogens with zero attached hydrogens (tertiary/aromatic N) is 2. The van der Waals surface area contributed by atoms with Gasteiger partial charge in [0.05, 0.1) is 29.0 Å². The number of benzene rings is 2. The van der Waals surface area contributed by atoms with Crippen LogP contribution in [0.1, 0.15) is 54.9 Å². The predicted octanol–water partition coefficient (Wildman–Crippen LogP) is 3.41. The highest BCUT2D eigenvalue weighted by Crippen LogP contribution is 2.45. The number of halogens is 1. The van der Waals surface area contributed by atoms with Gasteiger partial charge in [-0.2, -0.15) is 0 Å². The number of primary amides is 1. The number of hydrogen-bond acceptors (Lipinski definition) is 8. The topological polar surface area (TPSA) is 189 Å². The Hall–Kier alpha value is -5.14. The van der Waals surface area contributed by atoms with Crippen molar-refractivity contribution in [1.29, 1.82) is 0 Å². The normalized spacial score (nSPS) is 16.9. The number of fused-ring (bicyclic) bond motifs is 2. The fraction of sp³-hybridized carbons (Fsp3) is 0.324. The van der Waals surface area contributed by atoms with Gasteiger partial charge in [0.15, 0.2) is 0 Å². The summed E-state index contributed by atoms with van der Waals surface area (Å²) in [5, 5.41) is 30.2. The lowest BCUT2D eigenvalue weighted by atomic mass is 9.82. The molecule has 3 heterocycles. The third-order valence-electron chi connectivity index (χ3n) is 7.99. The van der Waals surface area contributed by atoms with E-state index < -0.39 is 40.3 Å². The standard InChI is InChI=1S/C34H37FN6O6/c1-18-10-20-11-21(12-24(26(20)37-14-18)40-31(44)39-15-32(2,3)45)29(42)38-16-34(5,46)25-13-23-28(47-17-33(23,4)30(36)43)27(41-25)19-6-8-22(35)9-7-19/h6-14,45-46H,15-17H2,1-5H3,(H2,36,43)(H,38,42)(H2,39,40,44)/t33-,34-/m0/s1. The highest BCUT2D eigenvalue weighted by molar-refractivity contribution is 6.05. The van der Waals surface area contributed by atoms with Crippen molar-refractivity contribution in [2.75, 3.05) is 25.0 Å². The Kier molecular flexibility index (Phi) is 8.65. The van der Waals surface area contributed by atoms with Crippen LogP contribution in [-0.2, 0) is 15.8 Å². The molecule has 47 heavy (non-hydrogen) atoms. The van der Waals surface area contributed by atoms with E-state index in [-0.39, 0.29) is 42.3 Å². The number of anilines is 1. The van der Waals surface area contributed by atoms with Gasteiger partial charge in [-0.25, -0.2) is 14.2 Å². The predicted molar refractivity (Wildman–Crippen MR) is 173 cm³/mol. The molecule has 0 saturated heterocycles. The number of rotatable bonds is 9. The molecule has 12 nitrogen and oxygen atoms in total. The number of urea groups is 1. The number of aliphatic hydroxyl groups is 2. The highest BCUT2D eigenvalue weighted by Gasteiger charge is 2.45. The highest BCUT2D eigenvalue weighted by atomic mass is 19.1. The van der Waals surface area contributed by atoms with Gasteiger partial charge in [-0.3, -0.25) is 14.6 Å². The first-order valence-corrected chi connectivity index (χ1v) is 14.9. The summed E-state index contributed by atoms with van der Waals surface area (Å²) in [6.07, 6.45) is 1.64. The van der Waals surface area contributed by atoms with E-state index in [2.05, 4.69) is 25.9 Å². The van der Waals surface area contributed by atoms with Gasteiger partial charge in [0.1, 0.15) is 34.9 Å². The smallest absolute Gasteiger partial charge is 0.319 e. The van der Waals surface area contributed by atoms with E-state index in [9.17, 15) is 29.0 Å². The van der Waals surface area contributed by atoms with Crippen molar-refractivity contribution in [3.8, 4) is 17.0 Å². The number of aryl methyl sites for hydroxylation is 1. The minimum Gasteiger partial charge on any atom is -0.489 e. The number of nitrogens with one attached hydrogen (secondary N) is 3. The van der Waals surface area contributed by atoms with E-state index >= 15 is 0 Å². The second-order valence-electron chi connectivity index (χ2n) is 12.9. The largest absolute Gasteiger partial charge is 0.489 e. The van der Waals surface area contributed by atoms with Gasteiger partial charge < -0.3 is 36.6 Å². The van der Waals surface area contributed by atoms with Crippen molar-refractivity contribution in [3.05, 3.63) is 82.9 Å². The fourth-order valence-electron chi connectivity index (χ4n) is 5.16. The first-order valence-electron chi connectivity index (χ1n) is 14.9. The Balaban J connectivity index is 1.45. The molecule has 0 fully saturated rings. The molecular formula is C34H37FN6O6. The van der Waals surface area contributed by atoms with Crippen molar-refractivity contribution in [2.45, 2.75) is 51.2 Å². The van der Waals surface area contributed by atoms with Crippen LogP contribution in [0.15, 0.2) is 54.7 Å². The molecule has 4 aromatic rings. The van der Waals surface area contributed by atoms with Crippen LogP contribution >= 0.6 is 0 Å². The van der Waals surface area contributed by atoms with E-state index in [0.717, 1.165) is 5.56 Å². The molecule has 13 heteroatoms. The van der Waals surface area contributed by atoms with E-state index in [1.807, 2.05) is 13.0 Å². The minimum absolute atomic E-state index is 0.0110. The van der Waals surface area contributed by atoms with Crippen molar-refractivity contribution in [3.63, 3.8) is 0 Å². The third kappa shape index (κ3) is 7.00. The quantitative estimate of drug-likeness (QED) is 0.160. The van der Waals surface area contributed by atoms with Crippen LogP contribution in [0.4, 0.5) is 14.9 Å². The van der Waals surface area contributed by atoms with E-state index in [4.69, 9.17) is 10.5 Å². The Morgan fingerprint density at radius 2 is 1.74 bits per heavy atom. The average Bonchev–Trinajstić information content (AvgIpc) is 3.36. The summed E-state index contributed by atoms with van der Waals surface area (Å²) in [5.74, 6) is -1.34. The Bertz CT molecular complexity index is 1890. The molecule has 0 aliphatic carbocycles. The van der Waals surface area contributed by atoms with Crippen molar-refractivity contribution < 1.29 is 33.7 Å². The minimum atomic E-state index is -1.76. The molecule has 0 unspecified atom stereocenters. The number of aromatic nitrogens is 2. The molecule has 2 atom stereocenters. The number of carbonyl (C=O) groups excluding carboxylic acids is 3. The molecule has 0 spiro atoms. The van der Waals surface area contributed by atoms with Crippen LogP contribution in [-0.4, -0.2) is 63.3 Å². The summed E-state index contributed by atoms with van der Waals surface area (Å²) in [4.78, 5) is 47.7. The number of hydrogen-bond donors (Lipinski definition) is 6. The lowest BCUT2D eigenvalue weighted by molar-refractivity contribution is -0.123. The number of amides is 4. The van der Waals surface area contributed by atoms with Crippen LogP contribution in [0.2, 0.25) is 0 Å². The van der Waals surface area contributed by atoms with Crippen LogP contribution in [0.5, 0.6) is 5.75 Å². The van der Waals surface area contributed by atoms with Gasteiger partial charge in [-0.1, -0.05) is 0 Å². The lowest BCUT2D eigenvalue weighted by Gasteiger charge is -2.26. The number of carbonyl (C=O) groups is 3. The third-order valence-corrected chi connectivity index (χ3v) is 7.99. The zero-order chi connectivity index (χ0) is 34.3. The van der Waals surface area contributed by atoms with Gasteiger partial charge >= 0.3 is 6.03 Å². The van der Waals surface area contributed by atoms with Crippen LogP contribution in [0.3, 0.4) is 0 Å². The maximum Gasteiger partial charge on any atom is 0.319 e. The summed E-state index contributed by atoms with van der Waals surface area (Å²) < 4.78 is 19.6. The van der Waals surface area contributed by atoms with Gasteiger partial charge in [-0.15, -0.1) is 0 Å². The summed E-state index contributed by atoms with van der Waals surface area (Å²) in [6, 6.07) is 11.4. The fourth-order valence-corrected chi connectivity index (χ4v) is 5.16. The molecule has 1 aliphatic rings. The summed E-state index contributed by atoms with van der Waals surface area (Å²) >= 11 is 0. The van der Waals surface area contributed by atoms with Crippen LogP contribution in [0, 0.1) is 12.7 Å². The van der Waals surface area contributed by atoms with E-state index in [0.29, 0.717) is 27.8 Å². The van der Waals surface area contributed by atoms with Gasteiger partial charge in [-0.05, 0) is 88.7 Å². The average molecular weight is 645 g/mol. The lowest BCUT2D eigenvalue weighted by Crippen LogP contribution is -2.41. The van der Waals surface area contributed by atoms with Crippen LogP contribution in [0.25, 0.3) is 22.2 Å². The molecule has 1 aliphatic heterocycles. The maximum atomic E-state index is 13.7. The van der Waals surface area contributed by atoms with Crippen LogP contribution < -0.4 is 26.4 Å². The van der Waals surface area contributed by atoms with Gasteiger partial charge in [0.2, 0.25) is 5.91 Å². The Morgan fingerprint density at radius 1 is 1.04 bits per heavy atom. The number of nitrogens with two attached hydrogens (primary N) is 1. The SMILES string of the molecule is Cc1cnc2c(NC(=O)NCC(C)(C)O)cc(C(=O)NC[C@](C)(O)c3cc4c(c(-c5ccc(F)cc5)n3)OC[C@]4(C)C(N)=O)cc2c1. The molecule has 2 aromatic carbocycles. The molecule has 0 radical (unpaired) electrons. The van der Waals surface area contributed by atoms with Crippen molar-refractivity contribution in [1.82, 2.24) is 20.6 Å². The van der Waals surface area contributed by atoms with E-state index in [1.165, 1.54) is 43.3 Å². The number of pyridine rings is 2. The first-order chi connectivity index (χ1) is 22.0. The van der Waals surface area contributed by atoms with Crippen molar-refractivity contribution >= 4 is 34.4 Å².